The fourth-order valence-corrected chi connectivity index (χ4v) is 2.74. The Morgan fingerprint density at radius 3 is 2.33 bits per heavy atom. The van der Waals surface area contributed by atoms with Crippen molar-refractivity contribution in [1.82, 2.24) is 4.90 Å². The van der Waals surface area contributed by atoms with Gasteiger partial charge in [0, 0.05) is 19.5 Å². The Labute approximate surface area is 90.5 Å². The number of nitrogens with zero attached hydrogens (tertiary/aromatic N) is 1. The molecule has 0 aromatic rings. The highest BCUT2D eigenvalue weighted by Crippen LogP contribution is 2.07. The number of unbranched alkanes of at least 4 members (excludes halogenated alkanes) is 1. The van der Waals surface area contributed by atoms with E-state index in [9.17, 15) is 13.2 Å². The lowest BCUT2D eigenvalue weighted by atomic mass is 10.2. The smallest absolute Gasteiger partial charge is 0.222 e. The van der Waals surface area contributed by atoms with Crippen molar-refractivity contribution in [3.05, 3.63) is 0 Å². The Morgan fingerprint density at radius 1 is 1.20 bits per heavy atom. The van der Waals surface area contributed by atoms with E-state index in [1.165, 1.54) is 0 Å². The average Bonchev–Trinajstić information content (AvgIpc) is 2.18. The van der Waals surface area contributed by atoms with Crippen LogP contribution < -0.4 is 5.73 Å². The standard InChI is InChI=1S/C9H18N2O3S/c10-4-2-1-3-9(12)11-5-7-15(13,14)8-6-11/h1-8,10H2. The van der Waals surface area contributed by atoms with Crippen LogP contribution in [0.2, 0.25) is 0 Å². The lowest BCUT2D eigenvalue weighted by molar-refractivity contribution is -0.130. The van der Waals surface area contributed by atoms with Gasteiger partial charge in [0.2, 0.25) is 5.91 Å². The average molecular weight is 234 g/mol. The molecule has 0 atom stereocenters. The molecule has 0 aromatic carbocycles. The van der Waals surface area contributed by atoms with Crippen LogP contribution in [-0.2, 0) is 14.6 Å². The van der Waals surface area contributed by atoms with Gasteiger partial charge in [-0.25, -0.2) is 8.42 Å². The third-order valence-electron chi connectivity index (χ3n) is 2.54. The molecule has 1 saturated heterocycles. The van der Waals surface area contributed by atoms with Crippen molar-refractivity contribution in [2.24, 2.45) is 5.73 Å². The van der Waals surface area contributed by atoms with Crippen LogP contribution in [0.5, 0.6) is 0 Å². The van der Waals surface area contributed by atoms with Gasteiger partial charge in [0.15, 0.2) is 9.84 Å². The zero-order chi connectivity index (χ0) is 11.3. The van der Waals surface area contributed by atoms with Gasteiger partial charge in [0.1, 0.15) is 0 Å². The highest BCUT2D eigenvalue weighted by Gasteiger charge is 2.24. The zero-order valence-electron chi connectivity index (χ0n) is 8.81. The number of amides is 1. The molecule has 0 aromatic heterocycles. The van der Waals surface area contributed by atoms with Gasteiger partial charge in [-0.05, 0) is 19.4 Å². The minimum Gasteiger partial charge on any atom is -0.341 e. The van der Waals surface area contributed by atoms with E-state index in [1.54, 1.807) is 4.90 Å². The van der Waals surface area contributed by atoms with Gasteiger partial charge in [0.25, 0.3) is 0 Å². The number of rotatable bonds is 4. The molecule has 15 heavy (non-hydrogen) atoms. The van der Waals surface area contributed by atoms with Gasteiger partial charge < -0.3 is 10.6 Å². The first kappa shape index (κ1) is 12.4. The maximum atomic E-state index is 11.6. The maximum absolute atomic E-state index is 11.6. The summed E-state index contributed by atoms with van der Waals surface area (Å²) in [5.41, 5.74) is 5.32. The summed E-state index contributed by atoms with van der Waals surface area (Å²) in [5, 5.41) is 0. The SMILES string of the molecule is NCCCCC(=O)N1CCS(=O)(=O)CC1. The van der Waals surface area contributed by atoms with Crippen molar-refractivity contribution >= 4 is 15.7 Å². The molecule has 1 fully saturated rings. The Morgan fingerprint density at radius 2 is 1.80 bits per heavy atom. The Bertz CT molecular complexity index is 299. The zero-order valence-corrected chi connectivity index (χ0v) is 9.63. The first-order chi connectivity index (χ1) is 7.05. The Hall–Kier alpha value is -0.620. The Balaban J connectivity index is 2.30. The predicted octanol–water partition coefficient (Wildman–Crippen LogP) is -0.628. The number of sulfone groups is 1. The van der Waals surface area contributed by atoms with E-state index < -0.39 is 9.84 Å². The van der Waals surface area contributed by atoms with E-state index >= 15 is 0 Å². The number of nitrogens with two attached hydrogens (primary N) is 1. The van der Waals surface area contributed by atoms with Gasteiger partial charge in [0.05, 0.1) is 11.5 Å². The molecular weight excluding hydrogens is 216 g/mol. The largest absolute Gasteiger partial charge is 0.341 e. The molecule has 0 radical (unpaired) electrons. The van der Waals surface area contributed by atoms with Crippen LogP contribution in [0.3, 0.4) is 0 Å². The molecule has 1 aliphatic heterocycles. The first-order valence-corrected chi connectivity index (χ1v) is 7.05. The fourth-order valence-electron chi connectivity index (χ4n) is 1.54. The van der Waals surface area contributed by atoms with Crippen LogP contribution in [0.1, 0.15) is 19.3 Å². The van der Waals surface area contributed by atoms with Crippen LogP contribution in [0, 0.1) is 0 Å². The van der Waals surface area contributed by atoms with E-state index in [1.807, 2.05) is 0 Å². The van der Waals surface area contributed by atoms with Crippen molar-refractivity contribution in [3.8, 4) is 0 Å². The molecule has 0 aliphatic carbocycles. The number of carbonyl (C=O) groups excluding carboxylic acids is 1. The van der Waals surface area contributed by atoms with Crippen molar-refractivity contribution < 1.29 is 13.2 Å². The molecule has 6 heteroatoms. The molecule has 0 unspecified atom stereocenters. The molecule has 1 amide bonds. The van der Waals surface area contributed by atoms with Crippen LogP contribution in [-0.4, -0.2) is 50.4 Å². The summed E-state index contributed by atoms with van der Waals surface area (Å²) in [6.07, 6.45) is 2.12. The third kappa shape index (κ3) is 4.17. The summed E-state index contributed by atoms with van der Waals surface area (Å²) in [7, 11) is -2.89. The van der Waals surface area contributed by atoms with Crippen LogP contribution in [0.4, 0.5) is 0 Å². The number of carbonyl (C=O) groups is 1. The fraction of sp³-hybridized carbons (Fsp3) is 0.889. The summed E-state index contributed by atoms with van der Waals surface area (Å²) < 4.78 is 22.2. The van der Waals surface area contributed by atoms with Crippen LogP contribution >= 0.6 is 0 Å². The summed E-state index contributed by atoms with van der Waals surface area (Å²) >= 11 is 0. The Kier molecular flexibility index (Phi) is 4.53. The summed E-state index contributed by atoms with van der Waals surface area (Å²) in [6.45, 7) is 1.30. The lowest BCUT2D eigenvalue weighted by Crippen LogP contribution is -2.43. The van der Waals surface area contributed by atoms with E-state index in [0.29, 0.717) is 26.1 Å². The monoisotopic (exact) mass is 234 g/mol. The second-order valence-electron chi connectivity index (χ2n) is 3.78. The highest BCUT2D eigenvalue weighted by atomic mass is 32.2. The molecule has 1 heterocycles. The molecule has 0 saturated carbocycles. The molecular formula is C9H18N2O3S. The van der Waals surface area contributed by atoms with Crippen molar-refractivity contribution in [1.29, 1.82) is 0 Å². The second-order valence-corrected chi connectivity index (χ2v) is 6.08. The number of hydrogen-bond donors (Lipinski definition) is 1. The second kappa shape index (κ2) is 5.46. The highest BCUT2D eigenvalue weighted by molar-refractivity contribution is 7.91. The molecule has 1 aliphatic rings. The molecule has 0 spiro atoms. The summed E-state index contributed by atoms with van der Waals surface area (Å²) in [4.78, 5) is 13.2. The van der Waals surface area contributed by atoms with Crippen molar-refractivity contribution in [2.45, 2.75) is 19.3 Å². The molecule has 2 N–H and O–H groups in total. The first-order valence-electron chi connectivity index (χ1n) is 5.23. The van der Waals surface area contributed by atoms with Crippen LogP contribution in [0.15, 0.2) is 0 Å². The molecule has 0 bridgehead atoms. The minimum absolute atomic E-state index is 0.0540. The van der Waals surface area contributed by atoms with Gasteiger partial charge >= 0.3 is 0 Å². The predicted molar refractivity (Wildman–Crippen MR) is 58.1 cm³/mol. The quantitative estimate of drug-likeness (QED) is 0.657. The van der Waals surface area contributed by atoms with Gasteiger partial charge in [-0.2, -0.15) is 0 Å². The molecule has 1 rings (SSSR count). The maximum Gasteiger partial charge on any atom is 0.222 e. The van der Waals surface area contributed by atoms with Crippen molar-refractivity contribution in [2.75, 3.05) is 31.1 Å². The topological polar surface area (TPSA) is 80.5 Å². The van der Waals surface area contributed by atoms with Gasteiger partial charge in [-0.1, -0.05) is 0 Å². The summed E-state index contributed by atoms with van der Waals surface area (Å²) in [6, 6.07) is 0. The minimum atomic E-state index is -2.89. The van der Waals surface area contributed by atoms with Gasteiger partial charge in [-0.3, -0.25) is 4.79 Å². The van der Waals surface area contributed by atoms with Gasteiger partial charge in [-0.15, -0.1) is 0 Å². The molecule has 88 valence electrons. The molecule has 5 nitrogen and oxygen atoms in total. The normalized spacial score (nSPS) is 20.2. The number of hydrogen-bond acceptors (Lipinski definition) is 4. The van der Waals surface area contributed by atoms with E-state index in [2.05, 4.69) is 0 Å². The summed E-state index contributed by atoms with van der Waals surface area (Å²) in [5.74, 6) is 0.268. The van der Waals surface area contributed by atoms with E-state index in [4.69, 9.17) is 5.73 Å². The van der Waals surface area contributed by atoms with E-state index in [0.717, 1.165) is 12.8 Å². The third-order valence-corrected chi connectivity index (χ3v) is 4.15. The lowest BCUT2D eigenvalue weighted by Gasteiger charge is -2.26. The van der Waals surface area contributed by atoms with E-state index in [-0.39, 0.29) is 17.4 Å². The van der Waals surface area contributed by atoms with Crippen LogP contribution in [0.25, 0.3) is 0 Å². The van der Waals surface area contributed by atoms with Crippen molar-refractivity contribution in [3.63, 3.8) is 0 Å².